The van der Waals surface area contributed by atoms with Crippen LogP contribution in [0.4, 0.5) is 0 Å². The van der Waals surface area contributed by atoms with E-state index in [1.54, 1.807) is 29.7 Å². The lowest BCUT2D eigenvalue weighted by Crippen LogP contribution is -1.95. The van der Waals surface area contributed by atoms with E-state index in [9.17, 15) is 5.11 Å². The van der Waals surface area contributed by atoms with Crippen LogP contribution in [0.2, 0.25) is 0 Å². The lowest BCUT2D eigenvalue weighted by molar-refractivity contribution is 0.479. The Balaban J connectivity index is 2.14. The third-order valence-corrected chi connectivity index (χ3v) is 4.63. The molecule has 0 fully saturated rings. The van der Waals surface area contributed by atoms with Crippen LogP contribution in [0.1, 0.15) is 0 Å². The Bertz CT molecular complexity index is 864. The summed E-state index contributed by atoms with van der Waals surface area (Å²) in [5.74, 6) is 1.03. The fourth-order valence-electron chi connectivity index (χ4n) is 2.19. The van der Waals surface area contributed by atoms with Gasteiger partial charge in [0.15, 0.2) is 11.0 Å². The number of benzene rings is 1. The highest BCUT2D eigenvalue weighted by Gasteiger charge is 2.18. The van der Waals surface area contributed by atoms with E-state index in [0.29, 0.717) is 5.52 Å². The maximum atomic E-state index is 10.2. The molecule has 0 aliphatic carbocycles. The van der Waals surface area contributed by atoms with Gasteiger partial charge in [0.25, 0.3) is 0 Å². The summed E-state index contributed by atoms with van der Waals surface area (Å²) in [6.45, 7) is 0. The third-order valence-electron chi connectivity index (χ3n) is 3.01. The zero-order valence-electron chi connectivity index (χ0n) is 10.2. The molecule has 6 heteroatoms. The van der Waals surface area contributed by atoms with Gasteiger partial charge in [-0.25, -0.2) is 9.97 Å². The first kappa shape index (κ1) is 11.6. The maximum absolute atomic E-state index is 10.2. The summed E-state index contributed by atoms with van der Waals surface area (Å²) in [5.41, 5.74) is 1.47. The van der Waals surface area contributed by atoms with Gasteiger partial charge in [-0.1, -0.05) is 12.1 Å². The van der Waals surface area contributed by atoms with Crippen molar-refractivity contribution >= 4 is 33.7 Å². The van der Waals surface area contributed by atoms with Gasteiger partial charge >= 0.3 is 0 Å². The minimum absolute atomic E-state index is 0.216. The minimum atomic E-state index is 0.216. The van der Waals surface area contributed by atoms with Crippen molar-refractivity contribution in [2.75, 3.05) is 0 Å². The first-order chi connectivity index (χ1) is 9.84. The molecule has 0 unspecified atom stereocenters. The third kappa shape index (κ3) is 1.65. The van der Waals surface area contributed by atoms with Crippen LogP contribution >= 0.6 is 22.7 Å². The van der Waals surface area contributed by atoms with E-state index in [1.807, 2.05) is 33.5 Å². The van der Waals surface area contributed by atoms with Crippen LogP contribution in [0.3, 0.4) is 0 Å². The first-order valence-corrected chi connectivity index (χ1v) is 7.75. The topological polar surface area (TPSA) is 50.9 Å². The molecule has 0 radical (unpaired) electrons. The number of imidazole rings is 1. The van der Waals surface area contributed by atoms with E-state index in [4.69, 9.17) is 0 Å². The second-order valence-corrected chi connectivity index (χ2v) is 6.03. The predicted octanol–water partition coefficient (Wildman–Crippen LogP) is 3.92. The number of hydrogen-bond acceptors (Lipinski definition) is 5. The average Bonchev–Trinajstić information content (AvgIpc) is 3.18. The van der Waals surface area contributed by atoms with Gasteiger partial charge in [-0.2, -0.15) is 0 Å². The molecule has 4 rings (SSSR count). The fourth-order valence-corrected chi connectivity index (χ4v) is 3.54. The lowest BCUT2D eigenvalue weighted by atomic mass is 10.3. The molecule has 1 aromatic carbocycles. The van der Waals surface area contributed by atoms with Gasteiger partial charge in [-0.05, 0) is 23.6 Å². The highest BCUT2D eigenvalue weighted by Crippen LogP contribution is 2.35. The van der Waals surface area contributed by atoms with Crippen LogP contribution in [0.25, 0.3) is 26.9 Å². The number of para-hydroxylation sites is 1. The number of thiazole rings is 1. The van der Waals surface area contributed by atoms with Gasteiger partial charge < -0.3 is 5.11 Å². The Kier molecular flexibility index (Phi) is 2.58. The van der Waals surface area contributed by atoms with Crippen molar-refractivity contribution in [3.05, 3.63) is 47.3 Å². The molecule has 20 heavy (non-hydrogen) atoms. The molecule has 4 aromatic rings. The summed E-state index contributed by atoms with van der Waals surface area (Å²) in [4.78, 5) is 10.1. The van der Waals surface area contributed by atoms with E-state index in [2.05, 4.69) is 9.97 Å². The summed E-state index contributed by atoms with van der Waals surface area (Å²) >= 11 is 3.14. The number of hydrogen-bond donors (Lipinski definition) is 1. The Morgan fingerprint density at radius 3 is 2.75 bits per heavy atom. The van der Waals surface area contributed by atoms with E-state index in [0.717, 1.165) is 21.3 Å². The molecule has 0 amide bonds. The van der Waals surface area contributed by atoms with Gasteiger partial charge in [-0.15, -0.1) is 22.7 Å². The standard InChI is InChI=1S/C14H9N3OS2/c18-10-4-1-3-9-12(10)17(14-15-6-8-20-14)13(16-9)11-5-2-7-19-11/h1-8,18H. The van der Waals surface area contributed by atoms with Crippen molar-refractivity contribution in [2.45, 2.75) is 0 Å². The number of phenols is 1. The molecule has 3 aromatic heterocycles. The quantitative estimate of drug-likeness (QED) is 0.610. The van der Waals surface area contributed by atoms with E-state index in [1.165, 1.54) is 11.3 Å². The molecule has 0 aliphatic heterocycles. The second-order valence-electron chi connectivity index (χ2n) is 4.21. The Morgan fingerprint density at radius 2 is 2.00 bits per heavy atom. The summed E-state index contributed by atoms with van der Waals surface area (Å²) in [6, 6.07) is 9.38. The molecule has 0 saturated heterocycles. The molecule has 0 bridgehead atoms. The molecule has 3 heterocycles. The van der Waals surface area contributed by atoms with Crippen molar-refractivity contribution < 1.29 is 5.11 Å². The molecule has 4 nitrogen and oxygen atoms in total. The first-order valence-electron chi connectivity index (χ1n) is 5.99. The fraction of sp³-hybridized carbons (Fsp3) is 0. The average molecular weight is 299 g/mol. The van der Waals surface area contributed by atoms with Crippen molar-refractivity contribution in [3.63, 3.8) is 0 Å². The zero-order chi connectivity index (χ0) is 13.5. The smallest absolute Gasteiger partial charge is 0.195 e. The van der Waals surface area contributed by atoms with E-state index >= 15 is 0 Å². The molecule has 98 valence electrons. The lowest BCUT2D eigenvalue weighted by Gasteiger charge is -2.04. The van der Waals surface area contributed by atoms with Gasteiger partial charge in [0.2, 0.25) is 0 Å². The van der Waals surface area contributed by atoms with Crippen LogP contribution in [-0.2, 0) is 0 Å². The van der Waals surface area contributed by atoms with Crippen molar-refractivity contribution in [3.8, 4) is 21.6 Å². The predicted molar refractivity (Wildman–Crippen MR) is 81.7 cm³/mol. The molecule has 0 saturated carbocycles. The van der Waals surface area contributed by atoms with Gasteiger partial charge in [0.1, 0.15) is 11.3 Å². The molecular weight excluding hydrogens is 290 g/mol. The van der Waals surface area contributed by atoms with E-state index in [-0.39, 0.29) is 5.75 Å². The highest BCUT2D eigenvalue weighted by atomic mass is 32.1. The highest BCUT2D eigenvalue weighted by molar-refractivity contribution is 7.13. The summed E-state index contributed by atoms with van der Waals surface area (Å²) < 4.78 is 1.92. The molecule has 0 atom stereocenters. The molecule has 1 N–H and O–H groups in total. The van der Waals surface area contributed by atoms with Gasteiger partial charge in [-0.3, -0.25) is 4.57 Å². The molecule has 0 aliphatic rings. The zero-order valence-corrected chi connectivity index (χ0v) is 11.9. The van der Waals surface area contributed by atoms with Crippen molar-refractivity contribution in [2.24, 2.45) is 0 Å². The van der Waals surface area contributed by atoms with Crippen molar-refractivity contribution in [1.29, 1.82) is 0 Å². The van der Waals surface area contributed by atoms with Crippen LogP contribution in [0.15, 0.2) is 47.3 Å². The number of phenolic OH excluding ortho intramolecular Hbond substituents is 1. The summed E-state index contributed by atoms with van der Waals surface area (Å²) in [7, 11) is 0. The Labute approximate surface area is 122 Å². The number of nitrogens with zero attached hydrogens (tertiary/aromatic N) is 3. The van der Waals surface area contributed by atoms with Crippen molar-refractivity contribution in [1.82, 2.24) is 14.5 Å². The Hall–Kier alpha value is -2.18. The number of fused-ring (bicyclic) bond motifs is 1. The van der Waals surface area contributed by atoms with Gasteiger partial charge in [0, 0.05) is 11.6 Å². The second kappa shape index (κ2) is 4.43. The van der Waals surface area contributed by atoms with Crippen LogP contribution in [0, 0.1) is 0 Å². The van der Waals surface area contributed by atoms with Crippen LogP contribution < -0.4 is 0 Å². The van der Waals surface area contributed by atoms with Gasteiger partial charge in [0.05, 0.1) is 10.4 Å². The largest absolute Gasteiger partial charge is 0.506 e. The summed E-state index contributed by atoms with van der Waals surface area (Å²) in [6.07, 6.45) is 1.75. The number of aromatic hydroxyl groups is 1. The van der Waals surface area contributed by atoms with Crippen LogP contribution in [0.5, 0.6) is 5.75 Å². The maximum Gasteiger partial charge on any atom is 0.195 e. The number of aromatic nitrogens is 3. The normalized spacial score (nSPS) is 11.2. The minimum Gasteiger partial charge on any atom is -0.506 e. The number of rotatable bonds is 2. The Morgan fingerprint density at radius 1 is 1.05 bits per heavy atom. The summed E-state index contributed by atoms with van der Waals surface area (Å²) in [5, 5.41) is 14.9. The molecular formula is C14H9N3OS2. The SMILES string of the molecule is Oc1cccc2nc(-c3cccs3)n(-c3nccs3)c12. The number of thiophene rings is 1. The van der Waals surface area contributed by atoms with Crippen LogP contribution in [-0.4, -0.2) is 19.6 Å². The molecule has 0 spiro atoms. The van der Waals surface area contributed by atoms with E-state index < -0.39 is 0 Å². The monoisotopic (exact) mass is 299 g/mol.